The molecule has 0 aliphatic rings. The number of carbonyl (C=O) groups is 2. The summed E-state index contributed by atoms with van der Waals surface area (Å²) in [5.41, 5.74) is 1.50. The van der Waals surface area contributed by atoms with Gasteiger partial charge < -0.3 is 10.4 Å². The van der Waals surface area contributed by atoms with Crippen LogP contribution in [0.2, 0.25) is 0 Å². The number of amides is 1. The van der Waals surface area contributed by atoms with E-state index in [4.69, 9.17) is 0 Å². The summed E-state index contributed by atoms with van der Waals surface area (Å²) in [6.45, 7) is 0.337. The highest BCUT2D eigenvalue weighted by Gasteiger charge is 2.20. The molecule has 0 saturated carbocycles. The Morgan fingerprint density at radius 3 is 2.55 bits per heavy atom. The number of hydrogen-bond acceptors (Lipinski definition) is 4. The first-order valence-corrected chi connectivity index (χ1v) is 6.85. The van der Waals surface area contributed by atoms with E-state index in [0.29, 0.717) is 12.2 Å². The fraction of sp³-hybridized carbons (Fsp3) is 0.188. The van der Waals surface area contributed by atoms with E-state index >= 15 is 0 Å². The van der Waals surface area contributed by atoms with Crippen LogP contribution in [0.1, 0.15) is 12.0 Å². The Labute approximate surface area is 128 Å². The van der Waals surface area contributed by atoms with Gasteiger partial charge in [-0.3, -0.25) is 19.9 Å². The Hall–Kier alpha value is -2.73. The van der Waals surface area contributed by atoms with Crippen LogP contribution < -0.4 is 10.6 Å². The Balaban J connectivity index is 1.88. The molecule has 2 rings (SSSR count). The van der Waals surface area contributed by atoms with Gasteiger partial charge in [0.1, 0.15) is 6.04 Å². The van der Waals surface area contributed by atoms with Crippen LogP contribution in [0, 0.1) is 0 Å². The molecule has 0 spiro atoms. The van der Waals surface area contributed by atoms with E-state index in [0.717, 1.165) is 5.56 Å². The molecule has 1 aromatic carbocycles. The van der Waals surface area contributed by atoms with Crippen molar-refractivity contribution in [3.63, 3.8) is 0 Å². The number of carboxylic acid groups (broad SMARTS) is 1. The van der Waals surface area contributed by atoms with E-state index in [1.54, 1.807) is 42.7 Å². The zero-order chi connectivity index (χ0) is 15.8. The molecule has 0 unspecified atom stereocenters. The second-order valence-corrected chi connectivity index (χ2v) is 4.75. The number of carboxylic acids is 1. The maximum Gasteiger partial charge on any atom is 0.321 e. The second-order valence-electron chi connectivity index (χ2n) is 4.75. The van der Waals surface area contributed by atoms with Crippen LogP contribution in [-0.4, -0.2) is 28.0 Å². The molecule has 2 aromatic rings. The minimum atomic E-state index is -1.06. The number of aromatic nitrogens is 1. The summed E-state index contributed by atoms with van der Waals surface area (Å²) in [7, 11) is 0. The SMILES string of the molecule is O=C(C[C@H](NCc1cccnc1)C(=O)O)Nc1ccccc1. The number of benzene rings is 1. The molecule has 6 nitrogen and oxygen atoms in total. The fourth-order valence-corrected chi connectivity index (χ4v) is 1.91. The Morgan fingerprint density at radius 2 is 1.91 bits per heavy atom. The first-order chi connectivity index (χ1) is 10.6. The van der Waals surface area contributed by atoms with Crippen LogP contribution in [0.25, 0.3) is 0 Å². The Morgan fingerprint density at radius 1 is 1.14 bits per heavy atom. The maximum atomic E-state index is 11.9. The van der Waals surface area contributed by atoms with Gasteiger partial charge in [-0.05, 0) is 23.8 Å². The molecule has 22 heavy (non-hydrogen) atoms. The molecule has 1 amide bonds. The van der Waals surface area contributed by atoms with Crippen molar-refractivity contribution < 1.29 is 14.7 Å². The lowest BCUT2D eigenvalue weighted by atomic mass is 10.1. The van der Waals surface area contributed by atoms with Crippen molar-refractivity contribution in [2.45, 2.75) is 19.0 Å². The monoisotopic (exact) mass is 299 g/mol. The highest BCUT2D eigenvalue weighted by Crippen LogP contribution is 2.07. The van der Waals surface area contributed by atoms with Gasteiger partial charge >= 0.3 is 5.97 Å². The lowest BCUT2D eigenvalue weighted by Crippen LogP contribution is -2.39. The molecule has 0 aliphatic carbocycles. The van der Waals surface area contributed by atoms with Gasteiger partial charge in [0.05, 0.1) is 6.42 Å². The number of rotatable bonds is 7. The van der Waals surface area contributed by atoms with Crippen molar-refractivity contribution in [2.75, 3.05) is 5.32 Å². The molecule has 0 bridgehead atoms. The number of nitrogens with zero attached hydrogens (tertiary/aromatic N) is 1. The molecule has 1 atom stereocenters. The number of pyridine rings is 1. The topological polar surface area (TPSA) is 91.3 Å². The molecule has 0 saturated heterocycles. The predicted molar refractivity (Wildman–Crippen MR) is 82.2 cm³/mol. The van der Waals surface area contributed by atoms with Gasteiger partial charge in [0.15, 0.2) is 0 Å². The van der Waals surface area contributed by atoms with E-state index in [2.05, 4.69) is 15.6 Å². The molecule has 6 heteroatoms. The van der Waals surface area contributed by atoms with Gasteiger partial charge in [0.25, 0.3) is 0 Å². The lowest BCUT2D eigenvalue weighted by molar-refractivity contribution is -0.141. The normalized spacial score (nSPS) is 11.6. The number of para-hydroxylation sites is 1. The van der Waals surface area contributed by atoms with Crippen molar-refractivity contribution in [2.24, 2.45) is 0 Å². The summed E-state index contributed by atoms with van der Waals surface area (Å²) in [4.78, 5) is 27.1. The third kappa shape index (κ3) is 4.99. The highest BCUT2D eigenvalue weighted by atomic mass is 16.4. The van der Waals surface area contributed by atoms with Crippen LogP contribution in [-0.2, 0) is 16.1 Å². The average Bonchev–Trinajstić information content (AvgIpc) is 2.53. The molecule has 1 aromatic heterocycles. The van der Waals surface area contributed by atoms with E-state index in [-0.39, 0.29) is 12.3 Å². The van der Waals surface area contributed by atoms with Crippen molar-refractivity contribution in [3.05, 3.63) is 60.4 Å². The molecule has 0 radical (unpaired) electrons. The lowest BCUT2D eigenvalue weighted by Gasteiger charge is -2.14. The molecule has 3 N–H and O–H groups in total. The molecule has 114 valence electrons. The predicted octanol–water partition coefficient (Wildman–Crippen LogP) is 1.65. The average molecular weight is 299 g/mol. The zero-order valence-electron chi connectivity index (χ0n) is 11.9. The van der Waals surface area contributed by atoms with E-state index in [9.17, 15) is 14.7 Å². The van der Waals surface area contributed by atoms with Gasteiger partial charge in [-0.1, -0.05) is 24.3 Å². The third-order valence-electron chi connectivity index (χ3n) is 3.02. The largest absolute Gasteiger partial charge is 0.480 e. The maximum absolute atomic E-state index is 11.9. The molecule has 0 aliphatic heterocycles. The van der Waals surface area contributed by atoms with Crippen LogP contribution >= 0.6 is 0 Å². The standard InChI is InChI=1S/C16H17N3O3/c20-15(19-13-6-2-1-3-7-13)9-14(16(21)22)18-11-12-5-4-8-17-10-12/h1-8,10,14,18H,9,11H2,(H,19,20)(H,21,22)/t14-/m0/s1. The molecular formula is C16H17N3O3. The number of aliphatic carboxylic acids is 1. The minimum absolute atomic E-state index is 0.148. The number of carbonyl (C=O) groups excluding carboxylic acids is 1. The summed E-state index contributed by atoms with van der Waals surface area (Å²) in [5, 5.41) is 14.7. The summed E-state index contributed by atoms with van der Waals surface area (Å²) in [6.07, 6.45) is 3.14. The summed E-state index contributed by atoms with van der Waals surface area (Å²) < 4.78 is 0. The van der Waals surface area contributed by atoms with Crippen molar-refractivity contribution >= 4 is 17.6 Å². The fourth-order valence-electron chi connectivity index (χ4n) is 1.91. The van der Waals surface area contributed by atoms with Gasteiger partial charge in [-0.2, -0.15) is 0 Å². The Bertz CT molecular complexity index is 617. The smallest absolute Gasteiger partial charge is 0.321 e. The number of anilines is 1. The first kappa shape index (κ1) is 15.7. The number of hydrogen-bond donors (Lipinski definition) is 3. The van der Waals surface area contributed by atoms with Crippen LogP contribution in [0.3, 0.4) is 0 Å². The molecule has 0 fully saturated rings. The first-order valence-electron chi connectivity index (χ1n) is 6.85. The van der Waals surface area contributed by atoms with Gasteiger partial charge in [-0.25, -0.2) is 0 Å². The van der Waals surface area contributed by atoms with Crippen molar-refractivity contribution in [1.29, 1.82) is 0 Å². The number of nitrogens with one attached hydrogen (secondary N) is 2. The zero-order valence-corrected chi connectivity index (χ0v) is 11.9. The van der Waals surface area contributed by atoms with E-state index in [1.807, 2.05) is 12.1 Å². The van der Waals surface area contributed by atoms with Crippen molar-refractivity contribution in [1.82, 2.24) is 10.3 Å². The molecular weight excluding hydrogens is 282 g/mol. The second kappa shape index (κ2) is 7.90. The van der Waals surface area contributed by atoms with Crippen LogP contribution in [0.5, 0.6) is 0 Å². The van der Waals surface area contributed by atoms with Gasteiger partial charge in [0.2, 0.25) is 5.91 Å². The van der Waals surface area contributed by atoms with Crippen LogP contribution in [0.4, 0.5) is 5.69 Å². The quantitative estimate of drug-likeness (QED) is 0.723. The third-order valence-corrected chi connectivity index (χ3v) is 3.02. The van der Waals surface area contributed by atoms with Crippen LogP contribution in [0.15, 0.2) is 54.9 Å². The summed E-state index contributed by atoms with van der Waals surface area (Å²) >= 11 is 0. The van der Waals surface area contributed by atoms with Crippen molar-refractivity contribution in [3.8, 4) is 0 Å². The summed E-state index contributed by atoms with van der Waals surface area (Å²) in [6, 6.07) is 11.6. The van der Waals surface area contributed by atoms with E-state index < -0.39 is 12.0 Å². The highest BCUT2D eigenvalue weighted by molar-refractivity contribution is 5.93. The minimum Gasteiger partial charge on any atom is -0.480 e. The van der Waals surface area contributed by atoms with E-state index in [1.165, 1.54) is 0 Å². The Kier molecular flexibility index (Phi) is 5.62. The molecule has 1 heterocycles. The summed E-state index contributed by atoms with van der Waals surface area (Å²) in [5.74, 6) is -1.41. The van der Waals surface area contributed by atoms with Gasteiger partial charge in [0, 0.05) is 24.6 Å². The van der Waals surface area contributed by atoms with Gasteiger partial charge in [-0.15, -0.1) is 0 Å².